The Morgan fingerprint density at radius 1 is 1.04 bits per heavy atom. The highest BCUT2D eigenvalue weighted by Crippen LogP contribution is 2.44. The highest BCUT2D eigenvalue weighted by Gasteiger charge is 2.37. The van der Waals surface area contributed by atoms with E-state index in [-0.39, 0.29) is 39.6 Å². The van der Waals surface area contributed by atoms with Crippen LogP contribution >= 0.6 is 11.6 Å². The van der Waals surface area contributed by atoms with Gasteiger partial charge in [-0.05, 0) is 23.8 Å². The minimum absolute atomic E-state index is 0.0616. The summed E-state index contributed by atoms with van der Waals surface area (Å²) in [4.78, 5) is 36.7. The van der Waals surface area contributed by atoms with Gasteiger partial charge in [0.15, 0.2) is 11.5 Å². The van der Waals surface area contributed by atoms with Crippen molar-refractivity contribution in [3.63, 3.8) is 0 Å². The fourth-order valence-electron chi connectivity index (χ4n) is 2.86. The molecule has 26 heavy (non-hydrogen) atoms. The molecule has 0 aromatic heterocycles. The lowest BCUT2D eigenvalue weighted by molar-refractivity contribution is -0.142. The van der Waals surface area contributed by atoms with Crippen LogP contribution in [-0.4, -0.2) is 34.9 Å². The van der Waals surface area contributed by atoms with E-state index in [1.807, 2.05) is 0 Å². The van der Waals surface area contributed by atoms with E-state index < -0.39 is 29.0 Å². The first kappa shape index (κ1) is 17.8. The number of carbonyl (C=O) groups excluding carboxylic acids is 3. The predicted octanol–water partition coefficient (Wildman–Crippen LogP) is 2.60. The van der Waals surface area contributed by atoms with Crippen LogP contribution < -0.4 is 4.74 Å². The monoisotopic (exact) mass is 376 g/mol. The molecule has 0 aliphatic heterocycles. The van der Waals surface area contributed by atoms with Crippen LogP contribution in [0, 0.1) is 0 Å². The molecule has 0 heterocycles. The van der Waals surface area contributed by atoms with Gasteiger partial charge in [0.2, 0.25) is 5.78 Å². The molecule has 134 valence electrons. The van der Waals surface area contributed by atoms with Crippen molar-refractivity contribution in [1.82, 2.24) is 0 Å². The molecule has 1 aliphatic rings. The van der Waals surface area contributed by atoms with Crippen LogP contribution in [0.3, 0.4) is 0 Å². The second-order valence-electron chi connectivity index (χ2n) is 5.64. The van der Waals surface area contributed by atoms with E-state index in [0.717, 1.165) is 6.07 Å². The number of esters is 1. The van der Waals surface area contributed by atoms with Gasteiger partial charge >= 0.3 is 5.97 Å². The first-order valence-corrected chi connectivity index (χ1v) is 7.82. The molecule has 2 aromatic rings. The number of ketones is 2. The summed E-state index contributed by atoms with van der Waals surface area (Å²) in [6.45, 7) is 1.06. The number of hydrogen-bond donors (Lipinski definition) is 2. The average Bonchev–Trinajstić information content (AvgIpc) is 2.59. The zero-order valence-corrected chi connectivity index (χ0v) is 14.5. The first-order valence-electron chi connectivity index (χ1n) is 7.44. The van der Waals surface area contributed by atoms with Crippen LogP contribution in [0.25, 0.3) is 0 Å². The molecule has 0 saturated carbocycles. The van der Waals surface area contributed by atoms with Crippen molar-refractivity contribution in [2.45, 2.75) is 13.5 Å². The number of phenolic OH excluding ortho intramolecular Hbond substituents is 2. The maximum Gasteiger partial charge on any atom is 0.302 e. The van der Waals surface area contributed by atoms with Crippen LogP contribution in [-0.2, 0) is 16.1 Å². The number of halogens is 1. The topological polar surface area (TPSA) is 110 Å². The number of fused-ring (bicyclic) bond motifs is 2. The van der Waals surface area contributed by atoms with Gasteiger partial charge in [-0.1, -0.05) is 11.6 Å². The van der Waals surface area contributed by atoms with Crippen molar-refractivity contribution in [3.8, 4) is 17.2 Å². The SMILES string of the molecule is COc1c(Cl)c(O)cc2c1C(=O)c1c(O)cc(COC(C)=O)cc1C2=O. The van der Waals surface area contributed by atoms with Gasteiger partial charge in [0.1, 0.15) is 23.1 Å². The molecular formula is C18H13ClO7. The van der Waals surface area contributed by atoms with E-state index in [2.05, 4.69) is 0 Å². The summed E-state index contributed by atoms with van der Waals surface area (Å²) in [5.74, 6) is -2.77. The van der Waals surface area contributed by atoms with Crippen LogP contribution in [0.4, 0.5) is 0 Å². The fraction of sp³-hybridized carbons (Fsp3) is 0.167. The summed E-state index contributed by atoms with van der Waals surface area (Å²) in [7, 11) is 1.25. The molecular weight excluding hydrogens is 364 g/mol. The normalized spacial score (nSPS) is 12.4. The third-order valence-electron chi connectivity index (χ3n) is 3.97. The van der Waals surface area contributed by atoms with Crippen molar-refractivity contribution in [3.05, 3.63) is 51.0 Å². The van der Waals surface area contributed by atoms with Gasteiger partial charge in [0.05, 0.1) is 18.2 Å². The number of carbonyl (C=O) groups is 3. The van der Waals surface area contributed by atoms with Crippen molar-refractivity contribution >= 4 is 29.1 Å². The van der Waals surface area contributed by atoms with Crippen LogP contribution in [0.15, 0.2) is 18.2 Å². The van der Waals surface area contributed by atoms with E-state index in [1.54, 1.807) is 0 Å². The van der Waals surface area contributed by atoms with E-state index in [0.29, 0.717) is 5.56 Å². The average molecular weight is 377 g/mol. The molecule has 0 fully saturated rings. The lowest BCUT2D eigenvalue weighted by atomic mass is 9.82. The van der Waals surface area contributed by atoms with Crippen LogP contribution in [0.2, 0.25) is 5.02 Å². The summed E-state index contributed by atoms with van der Waals surface area (Å²) >= 11 is 5.96. The maximum absolute atomic E-state index is 12.9. The Morgan fingerprint density at radius 2 is 1.69 bits per heavy atom. The van der Waals surface area contributed by atoms with Gasteiger partial charge in [-0.15, -0.1) is 0 Å². The number of rotatable bonds is 3. The number of aromatic hydroxyl groups is 2. The first-order chi connectivity index (χ1) is 12.3. The Bertz CT molecular complexity index is 978. The van der Waals surface area contributed by atoms with Gasteiger partial charge in [-0.25, -0.2) is 0 Å². The Balaban J connectivity index is 2.21. The summed E-state index contributed by atoms with van der Waals surface area (Å²) in [6, 6.07) is 3.69. The van der Waals surface area contributed by atoms with Crippen LogP contribution in [0.5, 0.6) is 17.2 Å². The quantitative estimate of drug-likeness (QED) is 0.676. The number of phenols is 2. The van der Waals surface area contributed by atoms with Crippen molar-refractivity contribution in [2.24, 2.45) is 0 Å². The lowest BCUT2D eigenvalue weighted by Gasteiger charge is -2.22. The molecule has 0 atom stereocenters. The second-order valence-corrected chi connectivity index (χ2v) is 6.02. The molecule has 0 saturated heterocycles. The molecule has 3 rings (SSSR count). The van der Waals surface area contributed by atoms with Gasteiger partial charge < -0.3 is 19.7 Å². The van der Waals surface area contributed by atoms with Crippen molar-refractivity contribution in [1.29, 1.82) is 0 Å². The van der Waals surface area contributed by atoms with E-state index in [9.17, 15) is 24.6 Å². The predicted molar refractivity (Wildman–Crippen MR) is 90.1 cm³/mol. The summed E-state index contributed by atoms with van der Waals surface area (Å²) in [5, 5.41) is 20.0. The van der Waals surface area contributed by atoms with Crippen molar-refractivity contribution < 1.29 is 34.1 Å². The van der Waals surface area contributed by atoms with Gasteiger partial charge in [-0.3, -0.25) is 14.4 Å². The summed E-state index contributed by atoms with van der Waals surface area (Å²) < 4.78 is 9.94. The Kier molecular flexibility index (Phi) is 4.33. The minimum Gasteiger partial charge on any atom is -0.507 e. The summed E-state index contributed by atoms with van der Waals surface area (Å²) in [5.41, 5.74) is -0.144. The van der Waals surface area contributed by atoms with Crippen molar-refractivity contribution in [2.75, 3.05) is 7.11 Å². The highest BCUT2D eigenvalue weighted by molar-refractivity contribution is 6.37. The molecule has 0 radical (unpaired) electrons. The van der Waals surface area contributed by atoms with Gasteiger partial charge in [0.25, 0.3) is 0 Å². The van der Waals surface area contributed by atoms with E-state index >= 15 is 0 Å². The number of benzene rings is 2. The third kappa shape index (κ3) is 2.66. The van der Waals surface area contributed by atoms with Crippen LogP contribution in [0.1, 0.15) is 44.3 Å². The third-order valence-corrected chi connectivity index (χ3v) is 4.33. The zero-order valence-electron chi connectivity index (χ0n) is 13.8. The highest BCUT2D eigenvalue weighted by atomic mass is 35.5. The maximum atomic E-state index is 12.9. The fourth-order valence-corrected chi connectivity index (χ4v) is 3.08. The lowest BCUT2D eigenvalue weighted by Crippen LogP contribution is -2.22. The number of hydrogen-bond acceptors (Lipinski definition) is 7. The molecule has 1 aliphatic carbocycles. The molecule has 8 heteroatoms. The Morgan fingerprint density at radius 3 is 2.31 bits per heavy atom. The zero-order chi connectivity index (χ0) is 19.2. The number of ether oxygens (including phenoxy) is 2. The molecule has 0 amide bonds. The molecule has 0 spiro atoms. The molecule has 7 nitrogen and oxygen atoms in total. The summed E-state index contributed by atoms with van der Waals surface area (Å²) in [6.07, 6.45) is 0. The molecule has 2 aromatic carbocycles. The number of methoxy groups -OCH3 is 1. The standard InChI is InChI=1S/C18H13ClO7/c1-7(20)26-6-8-3-9-13(11(21)4-8)17(24)14-10(16(9)23)5-12(22)15(19)18(14)25-2/h3-5,21-22H,6H2,1-2H3. The smallest absolute Gasteiger partial charge is 0.302 e. The second kappa shape index (κ2) is 6.34. The molecule has 2 N–H and O–H groups in total. The minimum atomic E-state index is -0.662. The molecule has 0 bridgehead atoms. The van der Waals surface area contributed by atoms with E-state index in [4.69, 9.17) is 21.1 Å². The van der Waals surface area contributed by atoms with E-state index in [1.165, 1.54) is 26.2 Å². The van der Waals surface area contributed by atoms with Gasteiger partial charge in [0, 0.05) is 18.1 Å². The van der Waals surface area contributed by atoms with Gasteiger partial charge in [-0.2, -0.15) is 0 Å². The molecule has 0 unspecified atom stereocenters. The largest absolute Gasteiger partial charge is 0.507 e. The Hall–Kier alpha value is -3.06. The Labute approximate surface area is 152 Å².